The summed E-state index contributed by atoms with van der Waals surface area (Å²) in [6, 6.07) is 20.2. The number of guanidine groups is 1. The molecule has 1 atom stereocenters. The van der Waals surface area contributed by atoms with Gasteiger partial charge in [-0.1, -0.05) is 58.3 Å². The van der Waals surface area contributed by atoms with Crippen LogP contribution in [0.2, 0.25) is 0 Å². The molecule has 3 N–H and O–H groups in total. The van der Waals surface area contributed by atoms with Crippen LogP contribution in [-0.4, -0.2) is 32.8 Å². The summed E-state index contributed by atoms with van der Waals surface area (Å²) in [7, 11) is 0. The Kier molecular flexibility index (Phi) is 5.56. The van der Waals surface area contributed by atoms with Crippen LogP contribution in [0.5, 0.6) is 5.75 Å². The van der Waals surface area contributed by atoms with Crippen LogP contribution in [0.3, 0.4) is 0 Å². The first-order valence-corrected chi connectivity index (χ1v) is 10.9. The van der Waals surface area contributed by atoms with Crippen LogP contribution in [0.1, 0.15) is 35.9 Å². The van der Waals surface area contributed by atoms with E-state index in [0.717, 1.165) is 40.5 Å². The second kappa shape index (κ2) is 8.82. The molecule has 1 aromatic heterocycles. The van der Waals surface area contributed by atoms with Gasteiger partial charge < -0.3 is 25.1 Å². The summed E-state index contributed by atoms with van der Waals surface area (Å²) < 4.78 is 11.5. The van der Waals surface area contributed by atoms with Crippen LogP contribution in [0.4, 0.5) is 0 Å². The van der Waals surface area contributed by atoms with Crippen LogP contribution in [-0.2, 0) is 6.61 Å². The lowest BCUT2D eigenvalue weighted by Gasteiger charge is -2.21. The Hall–Kier alpha value is -4.07. The number of hydrogen-bond acceptors (Lipinski definition) is 6. The Morgan fingerprint density at radius 1 is 1.15 bits per heavy atom. The number of aromatic nitrogens is 2. The maximum Gasteiger partial charge on any atom is 0.249 e. The number of ether oxygens (including phenoxy) is 1. The van der Waals surface area contributed by atoms with Crippen molar-refractivity contribution >= 4 is 16.7 Å². The summed E-state index contributed by atoms with van der Waals surface area (Å²) in [5, 5.41) is 18.4. The highest BCUT2D eigenvalue weighted by atomic mass is 16.5. The van der Waals surface area contributed by atoms with E-state index >= 15 is 0 Å². The summed E-state index contributed by atoms with van der Waals surface area (Å²) in [4.78, 5) is 6.36. The van der Waals surface area contributed by atoms with Crippen molar-refractivity contribution in [2.75, 3.05) is 6.54 Å². The number of oxime groups is 1. The third kappa shape index (κ3) is 4.32. The van der Waals surface area contributed by atoms with Gasteiger partial charge in [-0.2, -0.15) is 4.98 Å². The molecule has 0 unspecified atom stereocenters. The van der Waals surface area contributed by atoms with Gasteiger partial charge in [-0.25, -0.2) is 0 Å². The standard InChI is InChI=1S/C25H25N5O3/c1-16-4-6-17(7-5-16)15-32-21-11-10-18-13-20(9-8-19(18)14-21)23-27-24(33-29-23)22-3-2-12-30(22)25(26)28-31/h4-11,13-14,22,31H,2-3,12,15H2,1H3,(H2,26,28)/t22-/m0/s1. The molecular weight excluding hydrogens is 418 g/mol. The number of fused-ring (bicyclic) bond motifs is 1. The van der Waals surface area contributed by atoms with E-state index in [0.29, 0.717) is 24.9 Å². The number of nitrogens with two attached hydrogens (primary N) is 1. The molecule has 33 heavy (non-hydrogen) atoms. The van der Waals surface area contributed by atoms with Crippen molar-refractivity contribution in [1.29, 1.82) is 0 Å². The molecule has 0 bridgehead atoms. The predicted octanol–water partition coefficient (Wildman–Crippen LogP) is 4.62. The van der Waals surface area contributed by atoms with Gasteiger partial charge in [-0.15, -0.1) is 0 Å². The van der Waals surface area contributed by atoms with Crippen molar-refractivity contribution in [2.24, 2.45) is 10.9 Å². The van der Waals surface area contributed by atoms with E-state index < -0.39 is 0 Å². The molecule has 4 aromatic rings. The van der Waals surface area contributed by atoms with Gasteiger partial charge in [0.2, 0.25) is 17.7 Å². The summed E-state index contributed by atoms with van der Waals surface area (Å²) in [6.07, 6.45) is 1.71. The van der Waals surface area contributed by atoms with Crippen molar-refractivity contribution in [3.05, 3.63) is 77.7 Å². The zero-order valence-electron chi connectivity index (χ0n) is 18.3. The number of benzene rings is 3. The Balaban J connectivity index is 1.33. The van der Waals surface area contributed by atoms with Gasteiger partial charge in [0, 0.05) is 12.1 Å². The smallest absolute Gasteiger partial charge is 0.249 e. The molecule has 0 spiro atoms. The van der Waals surface area contributed by atoms with Gasteiger partial charge in [-0.3, -0.25) is 0 Å². The molecule has 0 saturated carbocycles. The lowest BCUT2D eigenvalue weighted by Crippen LogP contribution is -2.36. The number of hydrogen-bond donors (Lipinski definition) is 2. The summed E-state index contributed by atoms with van der Waals surface area (Å²) in [6.45, 7) is 3.28. The second-order valence-electron chi connectivity index (χ2n) is 8.26. The predicted molar refractivity (Wildman–Crippen MR) is 125 cm³/mol. The van der Waals surface area contributed by atoms with Gasteiger partial charge in [0.15, 0.2) is 0 Å². The molecule has 1 aliphatic rings. The van der Waals surface area contributed by atoms with Gasteiger partial charge in [0.25, 0.3) is 0 Å². The molecule has 8 heteroatoms. The minimum absolute atomic E-state index is 0.0587. The monoisotopic (exact) mass is 443 g/mol. The SMILES string of the molecule is Cc1ccc(COc2ccc3cc(-c4noc([C@@H]5CCCN5/C(N)=N/O)n4)ccc3c2)cc1. The Morgan fingerprint density at radius 2 is 1.94 bits per heavy atom. The van der Waals surface area contributed by atoms with E-state index in [1.54, 1.807) is 4.90 Å². The number of rotatable bonds is 5. The summed E-state index contributed by atoms with van der Waals surface area (Å²) in [5.74, 6) is 1.86. The average Bonchev–Trinajstić information content (AvgIpc) is 3.52. The quantitative estimate of drug-likeness (QED) is 0.200. The van der Waals surface area contributed by atoms with Gasteiger partial charge >= 0.3 is 0 Å². The molecular formula is C25H25N5O3. The number of nitrogens with zero attached hydrogens (tertiary/aromatic N) is 4. The molecule has 5 rings (SSSR count). The summed E-state index contributed by atoms with van der Waals surface area (Å²) in [5.41, 5.74) is 9.01. The molecule has 0 amide bonds. The fourth-order valence-electron chi connectivity index (χ4n) is 4.15. The van der Waals surface area contributed by atoms with Crippen molar-refractivity contribution in [3.63, 3.8) is 0 Å². The molecule has 1 fully saturated rings. The first-order chi connectivity index (χ1) is 16.1. The maximum absolute atomic E-state index is 9.01. The number of aryl methyl sites for hydroxylation is 1. The topological polar surface area (TPSA) is 110 Å². The van der Waals surface area contributed by atoms with Crippen molar-refractivity contribution in [3.8, 4) is 17.1 Å². The molecule has 1 aliphatic heterocycles. The highest BCUT2D eigenvalue weighted by Gasteiger charge is 2.32. The molecule has 0 radical (unpaired) electrons. The average molecular weight is 444 g/mol. The van der Waals surface area contributed by atoms with Crippen LogP contribution >= 0.6 is 0 Å². The van der Waals surface area contributed by atoms with E-state index in [1.165, 1.54) is 5.56 Å². The van der Waals surface area contributed by atoms with E-state index in [-0.39, 0.29) is 12.0 Å². The van der Waals surface area contributed by atoms with Gasteiger partial charge in [0.05, 0.1) is 0 Å². The largest absolute Gasteiger partial charge is 0.489 e. The Morgan fingerprint density at radius 3 is 2.76 bits per heavy atom. The van der Waals surface area contributed by atoms with E-state index in [9.17, 15) is 0 Å². The molecule has 2 heterocycles. The molecule has 0 aliphatic carbocycles. The highest BCUT2D eigenvalue weighted by molar-refractivity contribution is 5.87. The van der Waals surface area contributed by atoms with Crippen LogP contribution in [0.25, 0.3) is 22.2 Å². The van der Waals surface area contributed by atoms with Crippen molar-refractivity contribution in [1.82, 2.24) is 15.0 Å². The first kappa shape index (κ1) is 20.8. The number of likely N-dealkylation sites (tertiary alicyclic amines) is 1. The maximum atomic E-state index is 9.01. The Labute approximate surface area is 191 Å². The zero-order chi connectivity index (χ0) is 22.8. The van der Waals surface area contributed by atoms with E-state index in [4.69, 9.17) is 20.2 Å². The lowest BCUT2D eigenvalue weighted by molar-refractivity contribution is 0.263. The molecule has 168 valence electrons. The third-order valence-corrected chi connectivity index (χ3v) is 5.97. The fourth-order valence-corrected chi connectivity index (χ4v) is 4.15. The van der Waals surface area contributed by atoms with Crippen LogP contribution in [0, 0.1) is 6.92 Å². The zero-order valence-corrected chi connectivity index (χ0v) is 18.3. The van der Waals surface area contributed by atoms with Crippen LogP contribution < -0.4 is 10.5 Å². The first-order valence-electron chi connectivity index (χ1n) is 10.9. The van der Waals surface area contributed by atoms with Crippen LogP contribution in [0.15, 0.2) is 70.3 Å². The molecule has 1 saturated heterocycles. The fraction of sp³-hybridized carbons (Fsp3) is 0.240. The molecule has 3 aromatic carbocycles. The molecule has 8 nitrogen and oxygen atoms in total. The Bertz CT molecular complexity index is 1300. The lowest BCUT2D eigenvalue weighted by atomic mass is 10.1. The van der Waals surface area contributed by atoms with E-state index in [1.807, 2.05) is 36.4 Å². The normalized spacial score (nSPS) is 16.5. The van der Waals surface area contributed by atoms with E-state index in [2.05, 4.69) is 46.5 Å². The second-order valence-corrected chi connectivity index (χ2v) is 8.26. The van der Waals surface area contributed by atoms with Gasteiger partial charge in [-0.05, 0) is 54.3 Å². The van der Waals surface area contributed by atoms with Crippen molar-refractivity contribution in [2.45, 2.75) is 32.4 Å². The minimum atomic E-state index is -0.184. The minimum Gasteiger partial charge on any atom is -0.489 e. The third-order valence-electron chi connectivity index (χ3n) is 5.97. The highest BCUT2D eigenvalue weighted by Crippen LogP contribution is 2.32. The summed E-state index contributed by atoms with van der Waals surface area (Å²) >= 11 is 0. The van der Waals surface area contributed by atoms with Gasteiger partial charge in [0.1, 0.15) is 18.4 Å². The van der Waals surface area contributed by atoms with Crippen molar-refractivity contribution < 1.29 is 14.5 Å².